The Morgan fingerprint density at radius 1 is 0.750 bits per heavy atom. The third-order valence-electron chi connectivity index (χ3n) is 4.28. The van der Waals surface area contributed by atoms with Crippen LogP contribution in [0.5, 0.6) is 0 Å². The summed E-state index contributed by atoms with van der Waals surface area (Å²) < 4.78 is 10.2. The summed E-state index contributed by atoms with van der Waals surface area (Å²) >= 11 is 0. The van der Waals surface area contributed by atoms with Crippen molar-refractivity contribution in [1.82, 2.24) is 0 Å². The van der Waals surface area contributed by atoms with Gasteiger partial charge in [0.2, 0.25) is 0 Å². The van der Waals surface area contributed by atoms with Crippen molar-refractivity contribution >= 4 is 11.9 Å². The van der Waals surface area contributed by atoms with Gasteiger partial charge in [0.1, 0.15) is 23.4 Å². The second-order valence-electron chi connectivity index (χ2n) is 5.73. The molecule has 0 aromatic heterocycles. The van der Waals surface area contributed by atoms with Crippen LogP contribution in [0.15, 0.2) is 23.7 Å². The molecule has 108 valence electrons. The van der Waals surface area contributed by atoms with Crippen LogP contribution < -0.4 is 0 Å². The zero-order valence-corrected chi connectivity index (χ0v) is 11.6. The fraction of sp³-hybridized carbons (Fsp3) is 0.625. The first-order valence-electron chi connectivity index (χ1n) is 7.59. The van der Waals surface area contributed by atoms with Gasteiger partial charge < -0.3 is 9.47 Å². The number of rotatable bonds is 0. The second-order valence-corrected chi connectivity index (χ2v) is 5.73. The van der Waals surface area contributed by atoms with E-state index in [1.54, 1.807) is 0 Å². The maximum Gasteiger partial charge on any atom is 0.321 e. The zero-order chi connectivity index (χ0) is 13.9. The van der Waals surface area contributed by atoms with Crippen molar-refractivity contribution in [1.29, 1.82) is 0 Å². The number of carbonyl (C=O) groups is 2. The van der Waals surface area contributed by atoms with Crippen LogP contribution in [0.1, 0.15) is 51.4 Å². The molecule has 0 aromatic rings. The molecule has 3 aliphatic rings. The molecule has 0 spiro atoms. The van der Waals surface area contributed by atoms with Gasteiger partial charge in [0.05, 0.1) is 0 Å². The van der Waals surface area contributed by atoms with Gasteiger partial charge >= 0.3 is 11.9 Å². The number of hydrogen-bond acceptors (Lipinski definition) is 4. The molecule has 2 saturated heterocycles. The highest BCUT2D eigenvalue weighted by atomic mass is 16.6. The quantitative estimate of drug-likeness (QED) is 0.637. The fourth-order valence-electron chi connectivity index (χ4n) is 3.00. The average Bonchev–Trinajstić information content (AvgIpc) is 2.42. The van der Waals surface area contributed by atoms with E-state index in [0.29, 0.717) is 0 Å². The molecular weight excluding hydrogens is 256 g/mol. The second kappa shape index (κ2) is 5.81. The molecule has 0 aromatic carbocycles. The van der Waals surface area contributed by atoms with E-state index in [2.05, 4.69) is 0 Å². The summed E-state index contributed by atoms with van der Waals surface area (Å²) in [6, 6.07) is 0. The van der Waals surface area contributed by atoms with Gasteiger partial charge in [-0.25, -0.2) is 0 Å². The molecule has 4 nitrogen and oxygen atoms in total. The molecular formula is C16H20O4. The van der Waals surface area contributed by atoms with Gasteiger partial charge in [-0.05, 0) is 50.7 Å². The Morgan fingerprint density at radius 3 is 1.60 bits per heavy atom. The van der Waals surface area contributed by atoms with Gasteiger partial charge in [0.15, 0.2) is 0 Å². The molecule has 4 heteroatoms. The van der Waals surface area contributed by atoms with E-state index in [1.807, 2.05) is 12.2 Å². The van der Waals surface area contributed by atoms with Crippen LogP contribution in [0.4, 0.5) is 0 Å². The summed E-state index contributed by atoms with van der Waals surface area (Å²) in [6.07, 6.45) is 11.7. The Kier molecular flexibility index (Phi) is 3.90. The van der Waals surface area contributed by atoms with E-state index in [0.717, 1.165) is 62.9 Å². The van der Waals surface area contributed by atoms with Crippen LogP contribution in [-0.4, -0.2) is 11.9 Å². The average molecular weight is 276 g/mol. The summed E-state index contributed by atoms with van der Waals surface area (Å²) in [7, 11) is 0. The van der Waals surface area contributed by atoms with Crippen LogP contribution in [0.2, 0.25) is 0 Å². The minimum absolute atomic E-state index is 0.000118. The van der Waals surface area contributed by atoms with Gasteiger partial charge in [-0.15, -0.1) is 0 Å². The maximum absolute atomic E-state index is 11.4. The van der Waals surface area contributed by atoms with Gasteiger partial charge in [-0.3, -0.25) is 9.59 Å². The Balaban J connectivity index is 1.60. The lowest BCUT2D eigenvalue weighted by Crippen LogP contribution is -2.33. The van der Waals surface area contributed by atoms with Crippen molar-refractivity contribution in [3.05, 3.63) is 23.7 Å². The highest BCUT2D eigenvalue weighted by Crippen LogP contribution is 2.34. The van der Waals surface area contributed by atoms with Crippen LogP contribution in [0, 0.1) is 11.8 Å². The third-order valence-corrected chi connectivity index (χ3v) is 4.28. The number of fused-ring (bicyclic) bond motifs is 2. The smallest absolute Gasteiger partial charge is 0.321 e. The summed E-state index contributed by atoms with van der Waals surface area (Å²) in [5.74, 6) is 1.59. The number of allylic oxidation sites excluding steroid dienone is 2. The minimum Gasteiger partial charge on any atom is -0.430 e. The van der Waals surface area contributed by atoms with Crippen LogP contribution in [0.25, 0.3) is 0 Å². The van der Waals surface area contributed by atoms with Crippen molar-refractivity contribution in [2.45, 2.75) is 51.4 Å². The molecule has 2 fully saturated rings. The molecule has 0 amide bonds. The van der Waals surface area contributed by atoms with Gasteiger partial charge in [0, 0.05) is 0 Å². The molecule has 0 radical (unpaired) electrons. The lowest BCUT2D eigenvalue weighted by Gasteiger charge is -2.29. The Bertz CT molecular complexity index is 431. The summed E-state index contributed by atoms with van der Waals surface area (Å²) in [5.41, 5.74) is 0. The Hall–Kier alpha value is -1.58. The van der Waals surface area contributed by atoms with Gasteiger partial charge in [-0.2, -0.15) is 0 Å². The molecule has 20 heavy (non-hydrogen) atoms. The van der Waals surface area contributed by atoms with E-state index in [9.17, 15) is 9.59 Å². The highest BCUT2D eigenvalue weighted by Gasteiger charge is 2.37. The Morgan fingerprint density at radius 2 is 1.20 bits per heavy atom. The van der Waals surface area contributed by atoms with Crippen molar-refractivity contribution in [3.8, 4) is 0 Å². The fourth-order valence-corrected chi connectivity index (χ4v) is 3.00. The Labute approximate surface area is 118 Å². The molecule has 2 aliphatic heterocycles. The van der Waals surface area contributed by atoms with Crippen LogP contribution in [0.3, 0.4) is 0 Å². The molecule has 2 atom stereocenters. The first-order valence-corrected chi connectivity index (χ1v) is 7.59. The first kappa shape index (κ1) is 13.4. The lowest BCUT2D eigenvalue weighted by atomic mass is 9.91. The monoisotopic (exact) mass is 276 g/mol. The largest absolute Gasteiger partial charge is 0.430 e. The third kappa shape index (κ3) is 2.65. The van der Waals surface area contributed by atoms with Gasteiger partial charge in [0.25, 0.3) is 0 Å². The topological polar surface area (TPSA) is 52.6 Å². The number of ether oxygens (including phenoxy) is 2. The zero-order valence-electron chi connectivity index (χ0n) is 11.6. The van der Waals surface area contributed by atoms with Crippen molar-refractivity contribution in [2.75, 3.05) is 0 Å². The molecule has 2 unspecified atom stereocenters. The summed E-state index contributed by atoms with van der Waals surface area (Å²) in [6.45, 7) is 0. The van der Waals surface area contributed by atoms with Crippen LogP contribution in [-0.2, 0) is 19.1 Å². The SMILES string of the molecule is O=C1O/C2=C/CCCCC3C(=O)O/C3=C/CCCCC12. The van der Waals surface area contributed by atoms with Gasteiger partial charge in [-0.1, -0.05) is 12.8 Å². The molecule has 0 N–H and O–H groups in total. The standard InChI is InChI=1S/C16H20O4/c17-15-11-7-3-1-5-9-13-12(16(18)19-13)8-4-2-6-10-14(11)20-15/h9-12H,1-8H2/b13-9+,14-10+. The molecule has 0 bridgehead atoms. The molecule has 0 saturated carbocycles. The summed E-state index contributed by atoms with van der Waals surface area (Å²) in [4.78, 5) is 22.8. The summed E-state index contributed by atoms with van der Waals surface area (Å²) in [5, 5.41) is 0. The van der Waals surface area contributed by atoms with E-state index < -0.39 is 0 Å². The van der Waals surface area contributed by atoms with Crippen molar-refractivity contribution < 1.29 is 19.1 Å². The van der Waals surface area contributed by atoms with Crippen molar-refractivity contribution in [3.63, 3.8) is 0 Å². The maximum atomic E-state index is 11.4. The van der Waals surface area contributed by atoms with E-state index in [1.165, 1.54) is 0 Å². The molecule has 3 rings (SSSR count). The highest BCUT2D eigenvalue weighted by molar-refractivity contribution is 5.83. The lowest BCUT2D eigenvalue weighted by molar-refractivity contribution is -0.158. The predicted molar refractivity (Wildman–Crippen MR) is 72.3 cm³/mol. The first-order chi connectivity index (χ1) is 9.75. The van der Waals surface area contributed by atoms with E-state index in [4.69, 9.17) is 9.47 Å². The minimum atomic E-state index is -0.0744. The molecule has 2 heterocycles. The number of carbonyl (C=O) groups excluding carboxylic acids is 2. The number of hydrogen-bond donors (Lipinski definition) is 0. The predicted octanol–water partition coefficient (Wildman–Crippen LogP) is 3.23. The molecule has 1 aliphatic carbocycles. The van der Waals surface area contributed by atoms with E-state index >= 15 is 0 Å². The normalized spacial score (nSPS) is 36.2. The van der Waals surface area contributed by atoms with E-state index in [-0.39, 0.29) is 23.8 Å². The number of esters is 2. The van der Waals surface area contributed by atoms with Crippen molar-refractivity contribution in [2.24, 2.45) is 11.8 Å². The van der Waals surface area contributed by atoms with Crippen LogP contribution >= 0.6 is 0 Å².